The summed E-state index contributed by atoms with van der Waals surface area (Å²) in [6.07, 6.45) is 4.74. The first-order valence-corrected chi connectivity index (χ1v) is 6.61. The molecule has 1 aromatic heterocycles. The summed E-state index contributed by atoms with van der Waals surface area (Å²) in [6.45, 7) is 1.66. The van der Waals surface area contributed by atoms with Crippen molar-refractivity contribution in [2.75, 3.05) is 18.5 Å². The average Bonchev–Trinajstić information content (AvgIpc) is 2.95. The highest BCUT2D eigenvalue weighted by Gasteiger charge is 2.29. The molecular weight excluding hydrogens is 238 g/mol. The molecule has 0 spiro atoms. The summed E-state index contributed by atoms with van der Waals surface area (Å²) in [5.74, 6) is 1.15. The highest BCUT2D eigenvalue weighted by Crippen LogP contribution is 2.34. The largest absolute Gasteiger partial charge is 0.373 e. The normalized spacial score (nSPS) is 22.3. The van der Waals surface area contributed by atoms with Crippen molar-refractivity contribution < 1.29 is 4.74 Å². The van der Waals surface area contributed by atoms with Gasteiger partial charge in [0.25, 0.3) is 0 Å². The Hall–Kier alpha value is -1.94. The zero-order chi connectivity index (χ0) is 12.9. The van der Waals surface area contributed by atoms with Gasteiger partial charge in [0.05, 0.1) is 6.10 Å². The number of nitrogens with zero attached hydrogens (tertiary/aromatic N) is 2. The van der Waals surface area contributed by atoms with Gasteiger partial charge in [0.15, 0.2) is 0 Å². The van der Waals surface area contributed by atoms with Gasteiger partial charge in [-0.25, -0.2) is 9.97 Å². The summed E-state index contributed by atoms with van der Waals surface area (Å²) in [6, 6.07) is 12.2. The summed E-state index contributed by atoms with van der Waals surface area (Å²) in [7, 11) is 0. The molecule has 0 amide bonds. The van der Waals surface area contributed by atoms with E-state index in [2.05, 4.69) is 39.6 Å². The number of rotatable bonds is 4. The van der Waals surface area contributed by atoms with Gasteiger partial charge >= 0.3 is 0 Å². The molecule has 19 heavy (non-hydrogen) atoms. The minimum Gasteiger partial charge on any atom is -0.373 e. The maximum Gasteiger partial charge on any atom is 0.222 e. The van der Waals surface area contributed by atoms with Crippen molar-refractivity contribution in [1.29, 1.82) is 0 Å². The van der Waals surface area contributed by atoms with E-state index in [-0.39, 0.29) is 6.10 Å². The lowest BCUT2D eigenvalue weighted by molar-refractivity contribution is 0.0933. The van der Waals surface area contributed by atoms with Crippen LogP contribution in [0.5, 0.6) is 0 Å². The van der Waals surface area contributed by atoms with Gasteiger partial charge in [-0.05, 0) is 18.1 Å². The van der Waals surface area contributed by atoms with Gasteiger partial charge in [0.2, 0.25) is 5.95 Å². The molecule has 0 bridgehead atoms. The van der Waals surface area contributed by atoms with Gasteiger partial charge < -0.3 is 10.1 Å². The van der Waals surface area contributed by atoms with E-state index >= 15 is 0 Å². The van der Waals surface area contributed by atoms with Gasteiger partial charge in [0.1, 0.15) is 0 Å². The molecular formula is C15H17N3O. The summed E-state index contributed by atoms with van der Waals surface area (Å²) < 4.78 is 5.86. The Morgan fingerprint density at radius 2 is 1.89 bits per heavy atom. The molecule has 2 atom stereocenters. The molecule has 3 rings (SSSR count). The number of hydrogen-bond acceptors (Lipinski definition) is 4. The van der Waals surface area contributed by atoms with Crippen molar-refractivity contribution in [1.82, 2.24) is 9.97 Å². The van der Waals surface area contributed by atoms with Crippen molar-refractivity contribution >= 4 is 5.95 Å². The van der Waals surface area contributed by atoms with E-state index in [1.165, 1.54) is 5.56 Å². The van der Waals surface area contributed by atoms with Gasteiger partial charge in [-0.3, -0.25) is 0 Å². The number of ether oxygens (including phenoxy) is 1. The van der Waals surface area contributed by atoms with E-state index in [4.69, 9.17) is 4.74 Å². The van der Waals surface area contributed by atoms with Gasteiger partial charge in [-0.2, -0.15) is 0 Å². The van der Waals surface area contributed by atoms with E-state index in [0.717, 1.165) is 19.6 Å². The van der Waals surface area contributed by atoms with Gasteiger partial charge in [-0.1, -0.05) is 30.3 Å². The van der Waals surface area contributed by atoms with Crippen LogP contribution in [0, 0.1) is 5.92 Å². The Morgan fingerprint density at radius 1 is 1.11 bits per heavy atom. The fourth-order valence-corrected chi connectivity index (χ4v) is 2.47. The van der Waals surface area contributed by atoms with Crippen LogP contribution in [0.2, 0.25) is 0 Å². The van der Waals surface area contributed by atoms with E-state index < -0.39 is 0 Å². The lowest BCUT2D eigenvalue weighted by Gasteiger charge is -2.19. The number of benzene rings is 1. The topological polar surface area (TPSA) is 47.0 Å². The van der Waals surface area contributed by atoms with E-state index in [9.17, 15) is 0 Å². The molecule has 1 fully saturated rings. The first kappa shape index (κ1) is 12.1. The molecule has 4 nitrogen and oxygen atoms in total. The maximum absolute atomic E-state index is 5.86. The van der Waals surface area contributed by atoms with Crippen molar-refractivity contribution in [3.63, 3.8) is 0 Å². The van der Waals surface area contributed by atoms with Crippen LogP contribution in [0.15, 0.2) is 48.8 Å². The summed E-state index contributed by atoms with van der Waals surface area (Å²) in [4.78, 5) is 8.35. The van der Waals surface area contributed by atoms with Crippen LogP contribution in [-0.4, -0.2) is 23.1 Å². The molecule has 1 aromatic carbocycles. The number of nitrogens with one attached hydrogen (secondary N) is 1. The first-order valence-electron chi connectivity index (χ1n) is 6.61. The van der Waals surface area contributed by atoms with Crippen molar-refractivity contribution in [2.24, 2.45) is 5.92 Å². The first-order chi connectivity index (χ1) is 9.43. The van der Waals surface area contributed by atoms with Crippen molar-refractivity contribution in [3.8, 4) is 0 Å². The highest BCUT2D eigenvalue weighted by atomic mass is 16.5. The Labute approximate surface area is 112 Å². The molecule has 1 aliphatic heterocycles. The SMILES string of the molecule is c1ccc([C@H]2OCC[C@@H]2CNc2ncccn2)cc1. The molecule has 2 heterocycles. The van der Waals surface area contributed by atoms with E-state index in [1.54, 1.807) is 12.4 Å². The predicted molar refractivity (Wildman–Crippen MR) is 73.8 cm³/mol. The van der Waals surface area contributed by atoms with Gasteiger partial charge in [-0.15, -0.1) is 0 Å². The van der Waals surface area contributed by atoms with Gasteiger partial charge in [0, 0.05) is 31.5 Å². The van der Waals surface area contributed by atoms with Crippen molar-refractivity contribution in [3.05, 3.63) is 54.4 Å². The third-order valence-electron chi connectivity index (χ3n) is 3.43. The Kier molecular flexibility index (Phi) is 3.70. The monoisotopic (exact) mass is 255 g/mol. The van der Waals surface area contributed by atoms with Crippen LogP contribution in [-0.2, 0) is 4.74 Å². The second-order valence-electron chi connectivity index (χ2n) is 4.70. The van der Waals surface area contributed by atoms with Crippen LogP contribution in [0.3, 0.4) is 0 Å². The van der Waals surface area contributed by atoms with Crippen LogP contribution >= 0.6 is 0 Å². The van der Waals surface area contributed by atoms with Crippen LogP contribution in [0.1, 0.15) is 18.1 Å². The Morgan fingerprint density at radius 3 is 2.68 bits per heavy atom. The Bertz CT molecular complexity index is 503. The second-order valence-corrected chi connectivity index (χ2v) is 4.70. The highest BCUT2D eigenvalue weighted by molar-refractivity contribution is 5.24. The molecule has 98 valence electrons. The third kappa shape index (κ3) is 2.90. The molecule has 0 aliphatic carbocycles. The molecule has 2 aromatic rings. The molecule has 0 unspecified atom stereocenters. The van der Waals surface area contributed by atoms with Crippen molar-refractivity contribution in [2.45, 2.75) is 12.5 Å². The molecule has 1 N–H and O–H groups in total. The minimum absolute atomic E-state index is 0.178. The summed E-state index contributed by atoms with van der Waals surface area (Å²) in [5.41, 5.74) is 1.25. The number of aromatic nitrogens is 2. The molecule has 1 aliphatic rings. The third-order valence-corrected chi connectivity index (χ3v) is 3.43. The average molecular weight is 255 g/mol. The van der Waals surface area contributed by atoms with Crippen LogP contribution in [0.4, 0.5) is 5.95 Å². The van der Waals surface area contributed by atoms with E-state index in [1.807, 2.05) is 12.1 Å². The quantitative estimate of drug-likeness (QED) is 0.912. The number of anilines is 1. The smallest absolute Gasteiger partial charge is 0.222 e. The standard InChI is InChI=1S/C15H17N3O/c1-2-5-12(6-3-1)14-13(7-10-19-14)11-18-15-16-8-4-9-17-15/h1-6,8-9,13-14H,7,10-11H2,(H,16,17,18)/t13-,14-/m1/s1. The fraction of sp³-hybridized carbons (Fsp3) is 0.333. The molecule has 0 radical (unpaired) electrons. The molecule has 0 saturated carbocycles. The zero-order valence-corrected chi connectivity index (χ0v) is 10.7. The minimum atomic E-state index is 0.178. The molecule has 1 saturated heterocycles. The van der Waals surface area contributed by atoms with Crippen LogP contribution in [0.25, 0.3) is 0 Å². The second kappa shape index (κ2) is 5.80. The van der Waals surface area contributed by atoms with Crippen LogP contribution < -0.4 is 5.32 Å². The zero-order valence-electron chi connectivity index (χ0n) is 10.7. The lowest BCUT2D eigenvalue weighted by Crippen LogP contribution is -2.18. The maximum atomic E-state index is 5.86. The predicted octanol–water partition coefficient (Wildman–Crippen LogP) is 2.67. The summed E-state index contributed by atoms with van der Waals surface area (Å²) in [5, 5.41) is 3.28. The molecule has 4 heteroatoms. The number of hydrogen-bond donors (Lipinski definition) is 1. The lowest BCUT2D eigenvalue weighted by atomic mass is 9.95. The fourth-order valence-electron chi connectivity index (χ4n) is 2.47. The van der Waals surface area contributed by atoms with E-state index in [0.29, 0.717) is 11.9 Å². The Balaban J connectivity index is 1.64. The summed E-state index contributed by atoms with van der Waals surface area (Å²) >= 11 is 0.